The maximum atomic E-state index is 12.0. The average Bonchev–Trinajstić information content (AvgIpc) is 3.28. The maximum Gasteiger partial charge on any atom is 0.244 e. The molecular formula is C19H17NO2S. The van der Waals surface area contributed by atoms with Gasteiger partial charge in [-0.3, -0.25) is 4.79 Å². The minimum atomic E-state index is -0.109. The third kappa shape index (κ3) is 4.20. The summed E-state index contributed by atoms with van der Waals surface area (Å²) in [6.45, 7) is 0.506. The summed E-state index contributed by atoms with van der Waals surface area (Å²) >= 11 is 1.66. The van der Waals surface area contributed by atoms with Crippen LogP contribution in [0.2, 0.25) is 0 Å². The van der Waals surface area contributed by atoms with E-state index in [0.717, 1.165) is 11.3 Å². The van der Waals surface area contributed by atoms with Crippen LogP contribution < -0.4 is 5.32 Å². The molecule has 0 radical (unpaired) electrons. The van der Waals surface area contributed by atoms with Gasteiger partial charge in [0.15, 0.2) is 0 Å². The normalized spacial score (nSPS) is 12.3. The zero-order valence-corrected chi connectivity index (χ0v) is 13.3. The lowest BCUT2D eigenvalue weighted by atomic mass is 10.0. The van der Waals surface area contributed by atoms with Crippen molar-refractivity contribution >= 4 is 23.3 Å². The first-order valence-electron chi connectivity index (χ1n) is 7.40. The van der Waals surface area contributed by atoms with E-state index in [1.165, 1.54) is 4.88 Å². The third-order valence-corrected chi connectivity index (χ3v) is 4.47. The first kappa shape index (κ1) is 15.3. The minimum absolute atomic E-state index is 0.0408. The lowest BCUT2D eigenvalue weighted by Gasteiger charge is -2.13. The van der Waals surface area contributed by atoms with Gasteiger partial charge < -0.3 is 9.73 Å². The van der Waals surface area contributed by atoms with E-state index in [0.29, 0.717) is 6.54 Å². The van der Waals surface area contributed by atoms with Gasteiger partial charge >= 0.3 is 0 Å². The van der Waals surface area contributed by atoms with Gasteiger partial charge in [0, 0.05) is 17.5 Å². The minimum Gasteiger partial charge on any atom is -0.469 e. The molecule has 0 bridgehead atoms. The van der Waals surface area contributed by atoms with Crippen LogP contribution in [-0.4, -0.2) is 12.5 Å². The lowest BCUT2D eigenvalue weighted by molar-refractivity contribution is -0.116. The van der Waals surface area contributed by atoms with Crippen molar-refractivity contribution in [2.75, 3.05) is 6.54 Å². The second kappa shape index (κ2) is 7.61. The van der Waals surface area contributed by atoms with Crippen molar-refractivity contribution in [3.63, 3.8) is 0 Å². The smallest absolute Gasteiger partial charge is 0.244 e. The highest BCUT2D eigenvalue weighted by Crippen LogP contribution is 2.28. The molecule has 0 aliphatic carbocycles. The Bertz CT molecular complexity index is 712. The molecule has 0 aliphatic heterocycles. The van der Waals surface area contributed by atoms with Crippen LogP contribution in [0.25, 0.3) is 6.08 Å². The monoisotopic (exact) mass is 323 g/mol. The molecule has 2 aromatic heterocycles. The van der Waals surface area contributed by atoms with Crippen molar-refractivity contribution in [2.24, 2.45) is 0 Å². The Morgan fingerprint density at radius 3 is 2.70 bits per heavy atom. The number of benzene rings is 1. The Labute approximate surface area is 139 Å². The Hall–Kier alpha value is -2.59. The van der Waals surface area contributed by atoms with Crippen molar-refractivity contribution in [3.05, 3.63) is 88.5 Å². The average molecular weight is 323 g/mol. The highest BCUT2D eigenvalue weighted by Gasteiger charge is 2.18. The molecule has 116 valence electrons. The molecule has 0 fully saturated rings. The quantitative estimate of drug-likeness (QED) is 0.687. The van der Waals surface area contributed by atoms with E-state index in [9.17, 15) is 4.79 Å². The highest BCUT2D eigenvalue weighted by molar-refractivity contribution is 7.10. The molecule has 3 rings (SSSR count). The molecule has 0 spiro atoms. The van der Waals surface area contributed by atoms with Gasteiger partial charge in [0.1, 0.15) is 5.76 Å². The number of carbonyl (C=O) groups is 1. The summed E-state index contributed by atoms with van der Waals surface area (Å²) in [6, 6.07) is 17.6. The molecule has 0 saturated heterocycles. The van der Waals surface area contributed by atoms with Crippen LogP contribution in [0.1, 0.15) is 22.1 Å². The topological polar surface area (TPSA) is 42.2 Å². The first-order chi connectivity index (χ1) is 11.3. The van der Waals surface area contributed by atoms with Gasteiger partial charge in [-0.2, -0.15) is 0 Å². The second-order valence-electron chi connectivity index (χ2n) is 5.07. The molecule has 4 heteroatoms. The third-order valence-electron chi connectivity index (χ3n) is 3.48. The number of hydrogen-bond acceptors (Lipinski definition) is 3. The number of rotatable bonds is 6. The van der Waals surface area contributed by atoms with Crippen LogP contribution in [0.5, 0.6) is 0 Å². The van der Waals surface area contributed by atoms with Crippen molar-refractivity contribution in [2.45, 2.75) is 5.92 Å². The summed E-state index contributed by atoms with van der Waals surface area (Å²) in [5.41, 5.74) is 1.00. The lowest BCUT2D eigenvalue weighted by Crippen LogP contribution is -2.26. The van der Waals surface area contributed by atoms with Crippen molar-refractivity contribution in [1.29, 1.82) is 0 Å². The molecule has 1 atom stereocenters. The Balaban J connectivity index is 1.63. The molecule has 1 aromatic carbocycles. The molecule has 1 N–H and O–H groups in total. The molecule has 23 heavy (non-hydrogen) atoms. The van der Waals surface area contributed by atoms with Crippen LogP contribution >= 0.6 is 11.3 Å². The van der Waals surface area contributed by atoms with Crippen LogP contribution in [0, 0.1) is 0 Å². The molecule has 0 aliphatic rings. The van der Waals surface area contributed by atoms with E-state index in [4.69, 9.17) is 4.42 Å². The van der Waals surface area contributed by atoms with Crippen LogP contribution in [0.3, 0.4) is 0 Å². The molecule has 1 amide bonds. The van der Waals surface area contributed by atoms with Gasteiger partial charge in [-0.25, -0.2) is 0 Å². The van der Waals surface area contributed by atoms with Crippen LogP contribution in [0.4, 0.5) is 0 Å². The number of nitrogens with one attached hydrogen (secondary N) is 1. The van der Waals surface area contributed by atoms with Gasteiger partial charge in [-0.05, 0) is 35.2 Å². The van der Waals surface area contributed by atoms with Gasteiger partial charge in [0.25, 0.3) is 0 Å². The molecule has 3 aromatic rings. The van der Waals surface area contributed by atoms with Crippen molar-refractivity contribution < 1.29 is 9.21 Å². The number of furan rings is 1. The van der Waals surface area contributed by atoms with E-state index in [1.807, 2.05) is 60.0 Å². The Morgan fingerprint density at radius 2 is 2.00 bits per heavy atom. The first-order valence-corrected chi connectivity index (χ1v) is 8.28. The zero-order valence-electron chi connectivity index (χ0n) is 12.5. The summed E-state index contributed by atoms with van der Waals surface area (Å²) in [6.07, 6.45) is 5.03. The van der Waals surface area contributed by atoms with Gasteiger partial charge in [0.05, 0.1) is 12.2 Å². The molecule has 0 saturated carbocycles. The maximum absolute atomic E-state index is 12.0. The van der Waals surface area contributed by atoms with Gasteiger partial charge in [-0.15, -0.1) is 11.3 Å². The molecule has 2 heterocycles. The summed E-state index contributed by atoms with van der Waals surface area (Å²) in [5.74, 6) is 0.792. The van der Waals surface area contributed by atoms with Crippen molar-refractivity contribution in [1.82, 2.24) is 5.32 Å². The predicted molar refractivity (Wildman–Crippen MR) is 93.4 cm³/mol. The largest absolute Gasteiger partial charge is 0.469 e. The number of thiophene rings is 1. The van der Waals surface area contributed by atoms with Crippen LogP contribution in [0.15, 0.2) is 76.7 Å². The van der Waals surface area contributed by atoms with Crippen molar-refractivity contribution in [3.8, 4) is 0 Å². The molecule has 3 nitrogen and oxygen atoms in total. The SMILES string of the molecule is O=C(/C=C/c1ccccc1)NCC(c1ccco1)c1cccs1. The standard InChI is InChI=1S/C19H17NO2S/c21-19(11-10-15-6-2-1-3-7-15)20-14-16(17-8-4-12-22-17)18-9-5-13-23-18/h1-13,16H,14H2,(H,20,21)/b11-10+. The summed E-state index contributed by atoms with van der Waals surface area (Å²) in [7, 11) is 0. The summed E-state index contributed by atoms with van der Waals surface area (Å²) < 4.78 is 5.52. The van der Waals surface area contributed by atoms with E-state index < -0.39 is 0 Å². The predicted octanol–water partition coefficient (Wildman–Crippen LogP) is 4.30. The fourth-order valence-corrected chi connectivity index (χ4v) is 3.15. The number of carbonyl (C=O) groups excluding carboxylic acids is 1. The van der Waals surface area contributed by atoms with Crippen LogP contribution in [-0.2, 0) is 4.79 Å². The number of amides is 1. The van der Waals surface area contributed by atoms with E-state index in [1.54, 1.807) is 23.7 Å². The Kier molecular flexibility index (Phi) is 5.06. The van der Waals surface area contributed by atoms with E-state index in [-0.39, 0.29) is 11.8 Å². The summed E-state index contributed by atoms with van der Waals surface area (Å²) in [5, 5.41) is 4.98. The van der Waals surface area contributed by atoms with E-state index >= 15 is 0 Å². The van der Waals surface area contributed by atoms with Gasteiger partial charge in [0.2, 0.25) is 5.91 Å². The fraction of sp³-hybridized carbons (Fsp3) is 0.105. The summed E-state index contributed by atoms with van der Waals surface area (Å²) in [4.78, 5) is 13.2. The molecule has 1 unspecified atom stereocenters. The Morgan fingerprint density at radius 1 is 1.13 bits per heavy atom. The fourth-order valence-electron chi connectivity index (χ4n) is 2.32. The number of hydrogen-bond donors (Lipinski definition) is 1. The highest BCUT2D eigenvalue weighted by atomic mass is 32.1. The zero-order chi connectivity index (χ0) is 15.9. The molecular weight excluding hydrogens is 306 g/mol. The van der Waals surface area contributed by atoms with E-state index in [2.05, 4.69) is 11.4 Å². The van der Waals surface area contributed by atoms with Gasteiger partial charge in [-0.1, -0.05) is 36.4 Å². The second-order valence-corrected chi connectivity index (χ2v) is 6.05.